The molecular formula is C14H25N3O2. The van der Waals surface area contributed by atoms with Crippen LogP contribution in [-0.2, 0) is 4.79 Å². The van der Waals surface area contributed by atoms with Crippen molar-refractivity contribution >= 4 is 11.9 Å². The van der Waals surface area contributed by atoms with Crippen LogP contribution < -0.4 is 16.4 Å². The van der Waals surface area contributed by atoms with Crippen LogP contribution in [0.1, 0.15) is 46.5 Å². The van der Waals surface area contributed by atoms with E-state index in [1.807, 2.05) is 0 Å². The molecule has 2 rings (SSSR count). The standard InChI is InChI=1S/C14H25N3O2/c1-13(2)9-4-6-14(13,3)10(8-9)17-12(19)16-7-5-11(15)18/h9-10H,4-8H2,1-3H3,(H2,15,18)(H2,16,17,19)/t9-,10-,14-/m0/s1. The molecule has 2 fully saturated rings. The molecule has 0 aromatic rings. The van der Waals surface area contributed by atoms with Gasteiger partial charge in [0.2, 0.25) is 5.91 Å². The van der Waals surface area contributed by atoms with E-state index in [1.54, 1.807) is 0 Å². The number of rotatable bonds is 4. The largest absolute Gasteiger partial charge is 0.370 e. The average Bonchev–Trinajstić information content (AvgIpc) is 2.61. The third kappa shape index (κ3) is 2.30. The van der Waals surface area contributed by atoms with Gasteiger partial charge < -0.3 is 16.4 Å². The van der Waals surface area contributed by atoms with Gasteiger partial charge in [-0.15, -0.1) is 0 Å². The highest BCUT2D eigenvalue weighted by Gasteiger charge is 2.61. The Hall–Kier alpha value is -1.26. The summed E-state index contributed by atoms with van der Waals surface area (Å²) in [6, 6.07) is 0.0469. The number of carbonyl (C=O) groups excluding carboxylic acids is 2. The van der Waals surface area contributed by atoms with Crippen molar-refractivity contribution in [1.82, 2.24) is 10.6 Å². The van der Waals surface area contributed by atoms with E-state index < -0.39 is 5.91 Å². The van der Waals surface area contributed by atoms with E-state index in [-0.39, 0.29) is 29.3 Å². The molecule has 5 heteroatoms. The minimum atomic E-state index is -0.395. The van der Waals surface area contributed by atoms with Crippen molar-refractivity contribution in [3.63, 3.8) is 0 Å². The zero-order valence-corrected chi connectivity index (χ0v) is 12.1. The number of primary amides is 1. The number of nitrogens with two attached hydrogens (primary N) is 1. The Morgan fingerprint density at radius 3 is 2.47 bits per heavy atom. The van der Waals surface area contributed by atoms with Crippen LogP contribution in [0.15, 0.2) is 0 Å². The quantitative estimate of drug-likeness (QED) is 0.719. The van der Waals surface area contributed by atoms with E-state index in [1.165, 1.54) is 12.8 Å². The first-order chi connectivity index (χ1) is 8.77. The fourth-order valence-corrected chi connectivity index (χ4v) is 3.93. The van der Waals surface area contributed by atoms with Gasteiger partial charge in [0.05, 0.1) is 0 Å². The Morgan fingerprint density at radius 2 is 2.00 bits per heavy atom. The van der Waals surface area contributed by atoms with Crippen LogP contribution >= 0.6 is 0 Å². The average molecular weight is 267 g/mol. The maximum Gasteiger partial charge on any atom is 0.315 e. The van der Waals surface area contributed by atoms with Gasteiger partial charge in [-0.25, -0.2) is 4.79 Å². The fraction of sp³-hybridized carbons (Fsp3) is 0.857. The second-order valence-electron chi connectivity index (χ2n) is 6.78. The van der Waals surface area contributed by atoms with Gasteiger partial charge in [0.25, 0.3) is 0 Å². The predicted octanol–water partition coefficient (Wildman–Crippen LogP) is 1.38. The molecule has 108 valence electrons. The number of carbonyl (C=O) groups is 2. The lowest BCUT2D eigenvalue weighted by Gasteiger charge is -2.39. The van der Waals surface area contributed by atoms with Gasteiger partial charge in [-0.2, -0.15) is 0 Å². The highest BCUT2D eigenvalue weighted by molar-refractivity contribution is 5.77. The van der Waals surface area contributed by atoms with Crippen molar-refractivity contribution in [1.29, 1.82) is 0 Å². The van der Waals surface area contributed by atoms with Crippen LogP contribution in [0.4, 0.5) is 4.79 Å². The normalized spacial score (nSPS) is 35.1. The maximum atomic E-state index is 11.8. The molecule has 5 nitrogen and oxygen atoms in total. The third-order valence-electron chi connectivity index (χ3n) is 5.76. The van der Waals surface area contributed by atoms with Gasteiger partial charge in [-0.3, -0.25) is 4.79 Å². The first kappa shape index (κ1) is 14.2. The topological polar surface area (TPSA) is 84.2 Å². The second-order valence-corrected chi connectivity index (χ2v) is 6.78. The Morgan fingerprint density at radius 1 is 1.32 bits per heavy atom. The van der Waals surface area contributed by atoms with E-state index in [4.69, 9.17) is 5.73 Å². The SMILES string of the molecule is CC1(C)[C@H]2CC[C@@]1(C)[C@@H](NC(=O)NCCC(N)=O)C2. The minimum Gasteiger partial charge on any atom is -0.370 e. The van der Waals surface area contributed by atoms with Crippen molar-refractivity contribution < 1.29 is 9.59 Å². The summed E-state index contributed by atoms with van der Waals surface area (Å²) in [5, 5.41) is 5.77. The van der Waals surface area contributed by atoms with Gasteiger partial charge in [0.1, 0.15) is 0 Å². The Labute approximate surface area is 114 Å². The summed E-state index contributed by atoms with van der Waals surface area (Å²) >= 11 is 0. The van der Waals surface area contributed by atoms with Crippen LogP contribution in [0.2, 0.25) is 0 Å². The van der Waals surface area contributed by atoms with Crippen molar-refractivity contribution in [2.45, 2.75) is 52.5 Å². The fourth-order valence-electron chi connectivity index (χ4n) is 3.93. The monoisotopic (exact) mass is 267 g/mol. The number of amides is 3. The second kappa shape index (κ2) is 4.69. The van der Waals surface area contributed by atoms with Crippen LogP contribution in [0.5, 0.6) is 0 Å². The zero-order chi connectivity index (χ0) is 14.3. The van der Waals surface area contributed by atoms with Crippen molar-refractivity contribution in [2.24, 2.45) is 22.5 Å². The molecule has 0 spiro atoms. The first-order valence-corrected chi connectivity index (χ1v) is 7.10. The van der Waals surface area contributed by atoms with Gasteiger partial charge >= 0.3 is 6.03 Å². The number of nitrogens with one attached hydrogen (secondary N) is 2. The molecule has 2 saturated carbocycles. The summed E-state index contributed by atoms with van der Waals surface area (Å²) in [7, 11) is 0. The molecular weight excluding hydrogens is 242 g/mol. The molecule has 3 amide bonds. The summed E-state index contributed by atoms with van der Waals surface area (Å²) in [5.74, 6) is 0.307. The van der Waals surface area contributed by atoms with E-state index in [9.17, 15) is 9.59 Å². The third-order valence-corrected chi connectivity index (χ3v) is 5.76. The molecule has 0 saturated heterocycles. The summed E-state index contributed by atoms with van der Waals surface area (Å²) in [5.41, 5.74) is 5.51. The molecule has 0 aliphatic heterocycles. The number of hydrogen-bond acceptors (Lipinski definition) is 2. The Balaban J connectivity index is 1.88. The molecule has 2 aliphatic carbocycles. The molecule has 0 radical (unpaired) electrons. The maximum absolute atomic E-state index is 11.8. The van der Waals surface area contributed by atoms with E-state index in [0.29, 0.717) is 12.5 Å². The summed E-state index contributed by atoms with van der Waals surface area (Å²) < 4.78 is 0. The highest BCUT2D eigenvalue weighted by Crippen LogP contribution is 2.65. The zero-order valence-electron chi connectivity index (χ0n) is 12.1. The van der Waals surface area contributed by atoms with Gasteiger partial charge in [-0.1, -0.05) is 20.8 Å². The molecule has 0 aromatic carbocycles. The van der Waals surface area contributed by atoms with Crippen LogP contribution in [0.3, 0.4) is 0 Å². The summed E-state index contributed by atoms with van der Waals surface area (Å²) in [6.07, 6.45) is 3.69. The Bertz CT molecular complexity index is 394. The van der Waals surface area contributed by atoms with Gasteiger partial charge in [-0.05, 0) is 36.0 Å². The van der Waals surface area contributed by atoms with E-state index in [2.05, 4.69) is 31.4 Å². The highest BCUT2D eigenvalue weighted by atomic mass is 16.2. The van der Waals surface area contributed by atoms with Gasteiger partial charge in [0.15, 0.2) is 0 Å². The van der Waals surface area contributed by atoms with Crippen LogP contribution in [0, 0.1) is 16.7 Å². The molecule has 3 atom stereocenters. The lowest BCUT2D eigenvalue weighted by atomic mass is 9.69. The molecule has 2 bridgehead atoms. The lowest BCUT2D eigenvalue weighted by Crippen LogP contribution is -2.50. The molecule has 0 heterocycles. The van der Waals surface area contributed by atoms with E-state index in [0.717, 1.165) is 6.42 Å². The van der Waals surface area contributed by atoms with Crippen molar-refractivity contribution in [2.75, 3.05) is 6.54 Å². The summed E-state index contributed by atoms with van der Waals surface area (Å²) in [4.78, 5) is 22.5. The number of fused-ring (bicyclic) bond motifs is 2. The van der Waals surface area contributed by atoms with Crippen LogP contribution in [-0.4, -0.2) is 24.5 Å². The Kier molecular flexibility index (Phi) is 3.49. The number of urea groups is 1. The van der Waals surface area contributed by atoms with Crippen molar-refractivity contribution in [3.05, 3.63) is 0 Å². The molecule has 0 aromatic heterocycles. The molecule has 2 aliphatic rings. The first-order valence-electron chi connectivity index (χ1n) is 7.10. The molecule has 4 N–H and O–H groups in total. The minimum absolute atomic E-state index is 0.179. The predicted molar refractivity (Wildman–Crippen MR) is 73.4 cm³/mol. The number of hydrogen-bond donors (Lipinski definition) is 3. The lowest BCUT2D eigenvalue weighted by molar-refractivity contribution is -0.117. The van der Waals surface area contributed by atoms with Crippen LogP contribution in [0.25, 0.3) is 0 Å². The smallest absolute Gasteiger partial charge is 0.315 e. The molecule has 0 unspecified atom stereocenters. The van der Waals surface area contributed by atoms with E-state index >= 15 is 0 Å². The van der Waals surface area contributed by atoms with Gasteiger partial charge in [0, 0.05) is 19.0 Å². The molecule has 19 heavy (non-hydrogen) atoms. The summed E-state index contributed by atoms with van der Waals surface area (Å²) in [6.45, 7) is 7.22. The van der Waals surface area contributed by atoms with Crippen molar-refractivity contribution in [3.8, 4) is 0 Å².